The van der Waals surface area contributed by atoms with Gasteiger partial charge >= 0.3 is 0 Å². The average Bonchev–Trinajstić information content (AvgIpc) is 1.89. The van der Waals surface area contributed by atoms with E-state index in [1.54, 1.807) is 11.8 Å². The summed E-state index contributed by atoms with van der Waals surface area (Å²) >= 11 is 1.61. The molecule has 2 N–H and O–H groups in total. The molecule has 0 aliphatic rings. The maximum Gasteiger partial charge on any atom is 0.153 e. The van der Waals surface area contributed by atoms with Gasteiger partial charge < -0.3 is 5.73 Å². The fourth-order valence-corrected chi connectivity index (χ4v) is 1.02. The van der Waals surface area contributed by atoms with E-state index >= 15 is 0 Å². The molecule has 0 aromatic heterocycles. The van der Waals surface area contributed by atoms with Gasteiger partial charge in [0.15, 0.2) is 5.17 Å². The van der Waals surface area contributed by atoms with E-state index < -0.39 is 0 Å². The van der Waals surface area contributed by atoms with E-state index in [1.165, 1.54) is 6.42 Å². The Balaban J connectivity index is 3.28. The molecule has 0 saturated heterocycles. The van der Waals surface area contributed by atoms with Crippen LogP contribution in [0.5, 0.6) is 0 Å². The fraction of sp³-hybridized carbons (Fsp3) is 0.857. The molecular weight excluding hydrogens is 144 g/mol. The largest absolute Gasteiger partial charge is 0.379 e. The van der Waals surface area contributed by atoms with E-state index in [9.17, 15) is 0 Å². The molecule has 2 nitrogen and oxygen atoms in total. The minimum Gasteiger partial charge on any atom is -0.379 e. The molecule has 0 radical (unpaired) electrons. The molecule has 0 amide bonds. The molecule has 0 aliphatic heterocycles. The highest BCUT2D eigenvalue weighted by atomic mass is 32.2. The first-order valence-electron chi connectivity index (χ1n) is 3.74. The van der Waals surface area contributed by atoms with E-state index in [0.29, 0.717) is 0 Å². The highest BCUT2D eigenvalue weighted by Gasteiger charge is 1.87. The number of hydrogen-bond acceptors (Lipinski definition) is 2. The summed E-state index contributed by atoms with van der Waals surface area (Å²) in [5.74, 6) is 1.02. The lowest BCUT2D eigenvalue weighted by Gasteiger charge is -1.95. The number of unbranched alkanes of at least 4 members (excludes halogenated alkanes) is 1. The number of amidine groups is 1. The Hall–Kier alpha value is -0.180. The number of rotatable bonds is 4. The Morgan fingerprint density at radius 1 is 1.50 bits per heavy atom. The number of aliphatic imine (C=N–C) groups is 1. The molecule has 0 heterocycles. The summed E-state index contributed by atoms with van der Waals surface area (Å²) in [5, 5.41) is 0.732. The summed E-state index contributed by atoms with van der Waals surface area (Å²) < 4.78 is 0. The zero-order valence-electron chi connectivity index (χ0n) is 6.76. The normalized spacial score (nSPS) is 12.0. The molecule has 0 aromatic carbocycles. The van der Waals surface area contributed by atoms with Crippen molar-refractivity contribution < 1.29 is 0 Å². The number of hydrogen-bond donors (Lipinski definition) is 1. The first-order chi connectivity index (χ1) is 4.81. The lowest BCUT2D eigenvalue weighted by atomic mass is 10.3. The van der Waals surface area contributed by atoms with Crippen molar-refractivity contribution in [3.8, 4) is 0 Å². The van der Waals surface area contributed by atoms with Crippen LogP contribution in [-0.2, 0) is 0 Å². The third kappa shape index (κ3) is 5.95. The first kappa shape index (κ1) is 9.82. The van der Waals surface area contributed by atoms with Gasteiger partial charge in [0.05, 0.1) is 0 Å². The van der Waals surface area contributed by atoms with Crippen LogP contribution in [0.4, 0.5) is 0 Å². The third-order valence-electron chi connectivity index (χ3n) is 1.07. The summed E-state index contributed by atoms with van der Waals surface area (Å²) in [7, 11) is 0. The SMILES string of the molecule is CCCCN=C(N)SCC. The van der Waals surface area contributed by atoms with Crippen LogP contribution in [0.1, 0.15) is 26.7 Å². The molecule has 0 bridgehead atoms. The Morgan fingerprint density at radius 2 is 2.20 bits per heavy atom. The van der Waals surface area contributed by atoms with Crippen molar-refractivity contribution in [3.05, 3.63) is 0 Å². The van der Waals surface area contributed by atoms with Crippen molar-refractivity contribution in [1.82, 2.24) is 0 Å². The third-order valence-corrected chi connectivity index (χ3v) is 1.79. The second kappa shape index (κ2) is 6.93. The summed E-state index contributed by atoms with van der Waals surface area (Å²) in [6.45, 7) is 5.11. The summed E-state index contributed by atoms with van der Waals surface area (Å²) in [4.78, 5) is 4.16. The maximum atomic E-state index is 5.54. The van der Waals surface area contributed by atoms with E-state index in [-0.39, 0.29) is 0 Å². The van der Waals surface area contributed by atoms with Crippen LogP contribution in [0.2, 0.25) is 0 Å². The van der Waals surface area contributed by atoms with Gasteiger partial charge in [-0.3, -0.25) is 4.99 Å². The predicted octanol–water partition coefficient (Wildman–Crippen LogP) is 1.85. The van der Waals surface area contributed by atoms with Gasteiger partial charge in [-0.2, -0.15) is 0 Å². The van der Waals surface area contributed by atoms with E-state index in [1.807, 2.05) is 0 Å². The van der Waals surface area contributed by atoms with Crippen LogP contribution in [0.3, 0.4) is 0 Å². The minimum atomic E-state index is 0.732. The molecule has 60 valence electrons. The monoisotopic (exact) mass is 160 g/mol. The highest BCUT2D eigenvalue weighted by molar-refractivity contribution is 8.13. The second-order valence-electron chi connectivity index (χ2n) is 2.01. The molecule has 0 aliphatic carbocycles. The van der Waals surface area contributed by atoms with Crippen molar-refractivity contribution in [2.45, 2.75) is 26.7 Å². The Labute approximate surface area is 67.3 Å². The highest BCUT2D eigenvalue weighted by Crippen LogP contribution is 1.98. The van der Waals surface area contributed by atoms with Crippen LogP contribution >= 0.6 is 11.8 Å². The van der Waals surface area contributed by atoms with E-state index in [0.717, 1.165) is 23.9 Å². The van der Waals surface area contributed by atoms with Gasteiger partial charge in [0.2, 0.25) is 0 Å². The molecule has 0 saturated carbocycles. The predicted molar refractivity (Wildman–Crippen MR) is 49.5 cm³/mol. The number of thioether (sulfide) groups is 1. The molecule has 0 aromatic rings. The zero-order chi connectivity index (χ0) is 7.82. The van der Waals surface area contributed by atoms with Gasteiger partial charge in [-0.15, -0.1) is 0 Å². The lowest BCUT2D eigenvalue weighted by molar-refractivity contribution is 0.809. The van der Waals surface area contributed by atoms with E-state index in [2.05, 4.69) is 18.8 Å². The lowest BCUT2D eigenvalue weighted by Crippen LogP contribution is -2.07. The maximum absolute atomic E-state index is 5.54. The Morgan fingerprint density at radius 3 is 2.70 bits per heavy atom. The van der Waals surface area contributed by atoms with E-state index in [4.69, 9.17) is 5.73 Å². The van der Waals surface area contributed by atoms with Crippen molar-refractivity contribution in [1.29, 1.82) is 0 Å². The molecule has 0 unspecified atom stereocenters. The second-order valence-corrected chi connectivity index (χ2v) is 3.29. The smallest absolute Gasteiger partial charge is 0.153 e. The quantitative estimate of drug-likeness (QED) is 0.387. The summed E-state index contributed by atoms with van der Waals surface area (Å²) in [6.07, 6.45) is 2.33. The van der Waals surface area contributed by atoms with Gasteiger partial charge in [0, 0.05) is 6.54 Å². The zero-order valence-corrected chi connectivity index (χ0v) is 7.58. The Bertz CT molecular complexity index is 102. The summed E-state index contributed by atoms with van der Waals surface area (Å²) in [5.41, 5.74) is 5.54. The first-order valence-corrected chi connectivity index (χ1v) is 4.72. The molecule has 0 spiro atoms. The molecule has 3 heteroatoms. The molecular formula is C7H16N2S. The topological polar surface area (TPSA) is 38.4 Å². The van der Waals surface area contributed by atoms with Crippen LogP contribution in [0.25, 0.3) is 0 Å². The van der Waals surface area contributed by atoms with Crippen molar-refractivity contribution in [3.63, 3.8) is 0 Å². The number of nitrogens with two attached hydrogens (primary N) is 1. The van der Waals surface area contributed by atoms with Crippen LogP contribution in [0, 0.1) is 0 Å². The molecule has 0 fully saturated rings. The van der Waals surface area contributed by atoms with Crippen molar-refractivity contribution >= 4 is 16.9 Å². The minimum absolute atomic E-state index is 0.732. The van der Waals surface area contributed by atoms with Crippen LogP contribution in [0.15, 0.2) is 4.99 Å². The molecule has 10 heavy (non-hydrogen) atoms. The standard InChI is InChI=1S/C7H16N2S/c1-3-5-6-9-7(8)10-4-2/h3-6H2,1-2H3,(H2,8,9). The van der Waals surface area contributed by atoms with Crippen molar-refractivity contribution in [2.24, 2.45) is 10.7 Å². The van der Waals surface area contributed by atoms with Gasteiger partial charge in [-0.05, 0) is 12.2 Å². The fourth-order valence-electron chi connectivity index (χ4n) is 0.541. The van der Waals surface area contributed by atoms with Crippen molar-refractivity contribution in [2.75, 3.05) is 12.3 Å². The molecule has 0 rings (SSSR count). The van der Waals surface area contributed by atoms with Crippen LogP contribution < -0.4 is 5.73 Å². The Kier molecular flexibility index (Phi) is 6.81. The van der Waals surface area contributed by atoms with Gasteiger partial charge in [-0.1, -0.05) is 32.0 Å². The van der Waals surface area contributed by atoms with Crippen LogP contribution in [-0.4, -0.2) is 17.5 Å². The average molecular weight is 160 g/mol. The van der Waals surface area contributed by atoms with Gasteiger partial charge in [0.25, 0.3) is 0 Å². The molecule has 0 atom stereocenters. The van der Waals surface area contributed by atoms with Gasteiger partial charge in [0.1, 0.15) is 0 Å². The summed E-state index contributed by atoms with van der Waals surface area (Å²) in [6, 6.07) is 0. The van der Waals surface area contributed by atoms with Gasteiger partial charge in [-0.25, -0.2) is 0 Å². The number of nitrogens with zero attached hydrogens (tertiary/aromatic N) is 1.